The Hall–Kier alpha value is -2.30. The number of nitrogens with two attached hydrogens (primary N) is 1. The summed E-state index contributed by atoms with van der Waals surface area (Å²) in [4.78, 5) is 15.9. The van der Waals surface area contributed by atoms with Gasteiger partial charge in [-0.2, -0.15) is 0 Å². The molecule has 1 aromatic heterocycles. The fraction of sp³-hybridized carbons (Fsp3) is 0.286. The van der Waals surface area contributed by atoms with E-state index < -0.39 is 0 Å². The molecular formula is C14H18N4O. The van der Waals surface area contributed by atoms with E-state index in [2.05, 4.69) is 10.3 Å². The molecule has 0 aliphatic heterocycles. The molecule has 1 aromatic carbocycles. The standard InChI is InChI=1S/C14H18N4O/c1-11-16-8-10-18(11)9-2-3-14(19)17-13-6-4-12(15)5-7-13/h4-8,10H,2-3,9,15H2,1H3,(H,17,19). The second-order valence-corrected chi connectivity index (χ2v) is 4.44. The maximum atomic E-state index is 11.7. The molecule has 0 atom stereocenters. The van der Waals surface area contributed by atoms with Crippen LogP contribution in [0.3, 0.4) is 0 Å². The number of aryl methyl sites for hydroxylation is 2. The van der Waals surface area contributed by atoms with Crippen LogP contribution < -0.4 is 11.1 Å². The molecule has 100 valence electrons. The van der Waals surface area contributed by atoms with Crippen molar-refractivity contribution in [2.24, 2.45) is 0 Å². The smallest absolute Gasteiger partial charge is 0.224 e. The average Bonchev–Trinajstić information content (AvgIpc) is 2.78. The highest BCUT2D eigenvalue weighted by Gasteiger charge is 2.03. The molecule has 0 fully saturated rings. The first kappa shape index (κ1) is 13.1. The molecule has 0 aliphatic rings. The molecule has 0 radical (unpaired) electrons. The van der Waals surface area contributed by atoms with Gasteiger partial charge < -0.3 is 15.6 Å². The summed E-state index contributed by atoms with van der Waals surface area (Å²) < 4.78 is 2.04. The fourth-order valence-corrected chi connectivity index (χ4v) is 1.84. The number of rotatable bonds is 5. The Labute approximate surface area is 112 Å². The zero-order chi connectivity index (χ0) is 13.7. The van der Waals surface area contributed by atoms with Crippen molar-refractivity contribution in [1.29, 1.82) is 0 Å². The van der Waals surface area contributed by atoms with Gasteiger partial charge in [0.05, 0.1) is 0 Å². The van der Waals surface area contributed by atoms with Gasteiger partial charge >= 0.3 is 0 Å². The van der Waals surface area contributed by atoms with E-state index in [0.717, 1.165) is 24.5 Å². The number of hydrogen-bond donors (Lipinski definition) is 2. The number of carbonyl (C=O) groups excluding carboxylic acids is 1. The first-order chi connectivity index (χ1) is 9.15. The lowest BCUT2D eigenvalue weighted by molar-refractivity contribution is -0.116. The molecule has 2 rings (SSSR count). The van der Waals surface area contributed by atoms with Gasteiger partial charge in [-0.15, -0.1) is 0 Å². The third-order valence-electron chi connectivity index (χ3n) is 2.92. The summed E-state index contributed by atoms with van der Waals surface area (Å²) in [5.74, 6) is 0.987. The van der Waals surface area contributed by atoms with Gasteiger partial charge in [0.1, 0.15) is 5.82 Å². The van der Waals surface area contributed by atoms with E-state index >= 15 is 0 Å². The lowest BCUT2D eigenvalue weighted by Gasteiger charge is -2.07. The van der Waals surface area contributed by atoms with Crippen molar-refractivity contribution >= 4 is 17.3 Å². The number of benzene rings is 1. The van der Waals surface area contributed by atoms with Crippen LogP contribution in [-0.4, -0.2) is 15.5 Å². The van der Waals surface area contributed by atoms with Gasteiger partial charge in [-0.1, -0.05) is 0 Å². The molecule has 1 heterocycles. The summed E-state index contributed by atoms with van der Waals surface area (Å²) in [7, 11) is 0. The van der Waals surface area contributed by atoms with Gasteiger partial charge in [0.25, 0.3) is 0 Å². The molecule has 0 saturated heterocycles. The number of anilines is 2. The summed E-state index contributed by atoms with van der Waals surface area (Å²) >= 11 is 0. The fourth-order valence-electron chi connectivity index (χ4n) is 1.84. The SMILES string of the molecule is Cc1nccn1CCCC(=O)Nc1ccc(N)cc1. The van der Waals surface area contributed by atoms with E-state index in [4.69, 9.17) is 5.73 Å². The van der Waals surface area contributed by atoms with E-state index in [9.17, 15) is 4.79 Å². The summed E-state index contributed by atoms with van der Waals surface area (Å²) in [5.41, 5.74) is 7.05. The number of imidazole rings is 1. The second kappa shape index (κ2) is 6.04. The molecule has 0 unspecified atom stereocenters. The highest BCUT2D eigenvalue weighted by atomic mass is 16.1. The number of carbonyl (C=O) groups is 1. The third kappa shape index (κ3) is 3.84. The van der Waals surface area contributed by atoms with E-state index in [0.29, 0.717) is 12.1 Å². The zero-order valence-corrected chi connectivity index (χ0v) is 11.0. The van der Waals surface area contributed by atoms with E-state index in [1.165, 1.54) is 0 Å². The Bertz CT molecular complexity index is 545. The van der Waals surface area contributed by atoms with Crippen LogP contribution in [0, 0.1) is 6.92 Å². The normalized spacial score (nSPS) is 10.4. The highest BCUT2D eigenvalue weighted by molar-refractivity contribution is 5.90. The quantitative estimate of drug-likeness (QED) is 0.807. The molecule has 2 aromatic rings. The predicted molar refractivity (Wildman–Crippen MR) is 75.7 cm³/mol. The van der Waals surface area contributed by atoms with Gasteiger partial charge in [0, 0.05) is 36.7 Å². The summed E-state index contributed by atoms with van der Waals surface area (Å²) in [5, 5.41) is 2.84. The highest BCUT2D eigenvalue weighted by Crippen LogP contribution is 2.11. The third-order valence-corrected chi connectivity index (χ3v) is 2.92. The van der Waals surface area contributed by atoms with Crippen LogP contribution >= 0.6 is 0 Å². The Morgan fingerprint density at radius 2 is 2.11 bits per heavy atom. The Morgan fingerprint density at radius 3 is 2.74 bits per heavy atom. The molecule has 5 nitrogen and oxygen atoms in total. The van der Waals surface area contributed by atoms with Crippen molar-refractivity contribution in [2.75, 3.05) is 11.1 Å². The minimum Gasteiger partial charge on any atom is -0.399 e. The predicted octanol–water partition coefficient (Wildman–Crippen LogP) is 2.19. The van der Waals surface area contributed by atoms with Crippen LogP contribution in [0.4, 0.5) is 11.4 Å². The van der Waals surface area contributed by atoms with E-state index in [-0.39, 0.29) is 5.91 Å². The number of hydrogen-bond acceptors (Lipinski definition) is 3. The van der Waals surface area contributed by atoms with Crippen LogP contribution in [0.5, 0.6) is 0 Å². The van der Waals surface area contributed by atoms with E-state index in [1.54, 1.807) is 30.5 Å². The molecular weight excluding hydrogens is 240 g/mol. The number of amides is 1. The van der Waals surface area contributed by atoms with Crippen LogP contribution in [-0.2, 0) is 11.3 Å². The molecule has 0 saturated carbocycles. The Kier molecular flexibility index (Phi) is 4.18. The van der Waals surface area contributed by atoms with Crippen molar-refractivity contribution in [3.8, 4) is 0 Å². The topological polar surface area (TPSA) is 72.9 Å². The van der Waals surface area contributed by atoms with Crippen molar-refractivity contribution in [3.63, 3.8) is 0 Å². The molecule has 19 heavy (non-hydrogen) atoms. The number of nitrogens with one attached hydrogen (secondary N) is 1. The lowest BCUT2D eigenvalue weighted by atomic mass is 10.2. The van der Waals surface area contributed by atoms with Crippen molar-refractivity contribution in [1.82, 2.24) is 9.55 Å². The summed E-state index contributed by atoms with van der Waals surface area (Å²) in [6, 6.07) is 7.13. The summed E-state index contributed by atoms with van der Waals surface area (Å²) in [6.45, 7) is 2.76. The minimum absolute atomic E-state index is 0.0162. The number of aromatic nitrogens is 2. The van der Waals surface area contributed by atoms with Crippen LogP contribution in [0.1, 0.15) is 18.7 Å². The van der Waals surface area contributed by atoms with Gasteiger partial charge in [-0.25, -0.2) is 4.98 Å². The monoisotopic (exact) mass is 258 g/mol. The largest absolute Gasteiger partial charge is 0.399 e. The van der Waals surface area contributed by atoms with Gasteiger partial charge in [0.15, 0.2) is 0 Å². The summed E-state index contributed by atoms with van der Waals surface area (Å²) in [6.07, 6.45) is 4.97. The second-order valence-electron chi connectivity index (χ2n) is 4.44. The molecule has 0 spiro atoms. The first-order valence-electron chi connectivity index (χ1n) is 6.28. The number of nitrogen functional groups attached to an aromatic ring is 1. The van der Waals surface area contributed by atoms with Gasteiger partial charge in [-0.05, 0) is 37.6 Å². The van der Waals surface area contributed by atoms with Crippen molar-refractivity contribution < 1.29 is 4.79 Å². The van der Waals surface area contributed by atoms with Crippen LogP contribution in [0.15, 0.2) is 36.7 Å². The molecule has 3 N–H and O–H groups in total. The first-order valence-corrected chi connectivity index (χ1v) is 6.28. The Balaban J connectivity index is 1.76. The average molecular weight is 258 g/mol. The van der Waals surface area contributed by atoms with Crippen molar-refractivity contribution in [3.05, 3.63) is 42.5 Å². The number of nitrogens with zero attached hydrogens (tertiary/aromatic N) is 2. The van der Waals surface area contributed by atoms with Gasteiger partial charge in [-0.3, -0.25) is 4.79 Å². The maximum Gasteiger partial charge on any atom is 0.224 e. The van der Waals surface area contributed by atoms with E-state index in [1.807, 2.05) is 17.7 Å². The van der Waals surface area contributed by atoms with Crippen molar-refractivity contribution in [2.45, 2.75) is 26.3 Å². The Morgan fingerprint density at radius 1 is 1.37 bits per heavy atom. The van der Waals surface area contributed by atoms with Gasteiger partial charge in [0.2, 0.25) is 5.91 Å². The molecule has 5 heteroatoms. The van der Waals surface area contributed by atoms with Crippen LogP contribution in [0.25, 0.3) is 0 Å². The molecule has 0 bridgehead atoms. The zero-order valence-electron chi connectivity index (χ0n) is 11.0. The maximum absolute atomic E-state index is 11.7. The minimum atomic E-state index is 0.0162. The molecule has 0 aliphatic carbocycles. The lowest BCUT2D eigenvalue weighted by Crippen LogP contribution is -2.12. The van der Waals surface area contributed by atoms with Crippen LogP contribution in [0.2, 0.25) is 0 Å². The molecule has 1 amide bonds.